The second-order valence-electron chi connectivity index (χ2n) is 5.09. The number of halogens is 2. The number of hydrogen-bond acceptors (Lipinski definition) is 4. The van der Waals surface area contributed by atoms with Gasteiger partial charge in [-0.15, -0.1) is 0 Å². The maximum absolute atomic E-state index is 13.8. The lowest BCUT2D eigenvalue weighted by atomic mass is 10.2. The summed E-state index contributed by atoms with van der Waals surface area (Å²) in [5.41, 5.74) is 0. The van der Waals surface area contributed by atoms with E-state index >= 15 is 0 Å². The summed E-state index contributed by atoms with van der Waals surface area (Å²) in [4.78, 5) is 4.01. The number of hydrogen-bond donors (Lipinski definition) is 2. The normalized spacial score (nSPS) is 22.0. The molecule has 1 aromatic heterocycles. The molecule has 2 rings (SSSR count). The highest BCUT2D eigenvalue weighted by molar-refractivity contribution is 5.48. The van der Waals surface area contributed by atoms with Crippen molar-refractivity contribution in [2.24, 2.45) is 0 Å². The molecule has 2 atom stereocenters. The molecule has 1 aliphatic carbocycles. The van der Waals surface area contributed by atoms with Crippen LogP contribution in [-0.4, -0.2) is 30.8 Å². The van der Waals surface area contributed by atoms with Crippen LogP contribution in [0.2, 0.25) is 0 Å². The summed E-state index contributed by atoms with van der Waals surface area (Å²) in [6.45, 7) is 2.57. The van der Waals surface area contributed by atoms with Crippen molar-refractivity contribution in [1.82, 2.24) is 4.98 Å². The first kappa shape index (κ1) is 15.0. The number of pyridine rings is 1. The molecule has 2 N–H and O–H groups in total. The highest BCUT2D eigenvalue weighted by Gasteiger charge is 2.25. The van der Waals surface area contributed by atoms with Gasteiger partial charge in [0, 0.05) is 25.8 Å². The molecule has 6 heteroatoms. The standard InChI is InChI=1S/C14H21F2N3O/c1-3-6-17-13-11(15)8-12(16)14(19-13)18-9-4-5-10(7-9)20-2/h8-10H,3-7H2,1-2H3,(H2,17,18,19). The van der Waals surface area contributed by atoms with Crippen LogP contribution in [0.4, 0.5) is 20.4 Å². The van der Waals surface area contributed by atoms with Gasteiger partial charge in [-0.05, 0) is 25.7 Å². The summed E-state index contributed by atoms with van der Waals surface area (Å²) in [6.07, 6.45) is 3.70. The molecule has 1 aromatic rings. The third kappa shape index (κ3) is 3.56. The average Bonchev–Trinajstić information content (AvgIpc) is 2.88. The van der Waals surface area contributed by atoms with Crippen molar-refractivity contribution in [3.05, 3.63) is 17.7 Å². The molecule has 0 amide bonds. The Morgan fingerprint density at radius 3 is 2.70 bits per heavy atom. The van der Waals surface area contributed by atoms with Crippen molar-refractivity contribution >= 4 is 11.6 Å². The number of nitrogens with one attached hydrogen (secondary N) is 2. The van der Waals surface area contributed by atoms with Gasteiger partial charge in [0.1, 0.15) is 0 Å². The molecule has 1 heterocycles. The largest absolute Gasteiger partial charge is 0.381 e. The number of methoxy groups -OCH3 is 1. The Hall–Kier alpha value is -1.43. The van der Waals surface area contributed by atoms with E-state index < -0.39 is 11.6 Å². The van der Waals surface area contributed by atoms with Gasteiger partial charge in [0.25, 0.3) is 0 Å². The van der Waals surface area contributed by atoms with Gasteiger partial charge in [0.05, 0.1) is 6.10 Å². The van der Waals surface area contributed by atoms with Crippen molar-refractivity contribution in [3.63, 3.8) is 0 Å². The minimum atomic E-state index is -0.664. The Balaban J connectivity index is 2.07. The minimum absolute atomic E-state index is 0.0945. The molecular weight excluding hydrogens is 264 g/mol. The number of rotatable bonds is 6. The summed E-state index contributed by atoms with van der Waals surface area (Å²) in [5, 5.41) is 5.90. The average molecular weight is 285 g/mol. The lowest BCUT2D eigenvalue weighted by molar-refractivity contribution is 0.108. The number of nitrogens with zero attached hydrogens (tertiary/aromatic N) is 1. The van der Waals surface area contributed by atoms with Gasteiger partial charge in [-0.3, -0.25) is 0 Å². The second-order valence-corrected chi connectivity index (χ2v) is 5.09. The maximum atomic E-state index is 13.8. The van der Waals surface area contributed by atoms with Crippen LogP contribution < -0.4 is 10.6 Å². The Morgan fingerprint density at radius 1 is 1.30 bits per heavy atom. The fourth-order valence-electron chi connectivity index (χ4n) is 2.41. The highest BCUT2D eigenvalue weighted by Crippen LogP contribution is 2.26. The van der Waals surface area contributed by atoms with E-state index in [1.165, 1.54) is 0 Å². The van der Waals surface area contributed by atoms with E-state index in [-0.39, 0.29) is 23.8 Å². The molecular formula is C14H21F2N3O. The summed E-state index contributed by atoms with van der Waals surface area (Å²) in [5.74, 6) is -1.13. The summed E-state index contributed by atoms with van der Waals surface area (Å²) in [7, 11) is 1.68. The predicted molar refractivity (Wildman–Crippen MR) is 75.0 cm³/mol. The highest BCUT2D eigenvalue weighted by atomic mass is 19.1. The van der Waals surface area contributed by atoms with Gasteiger partial charge >= 0.3 is 0 Å². The third-order valence-electron chi connectivity index (χ3n) is 3.53. The van der Waals surface area contributed by atoms with E-state index in [1.807, 2.05) is 6.92 Å². The number of aromatic nitrogens is 1. The maximum Gasteiger partial charge on any atom is 0.168 e. The van der Waals surface area contributed by atoms with Gasteiger partial charge in [-0.2, -0.15) is 0 Å². The van der Waals surface area contributed by atoms with Gasteiger partial charge in [-0.25, -0.2) is 13.8 Å². The molecule has 0 aromatic carbocycles. The third-order valence-corrected chi connectivity index (χ3v) is 3.53. The van der Waals surface area contributed by atoms with Crippen LogP contribution in [0.3, 0.4) is 0 Å². The smallest absolute Gasteiger partial charge is 0.168 e. The first-order chi connectivity index (χ1) is 9.63. The van der Waals surface area contributed by atoms with Crippen LogP contribution in [0.15, 0.2) is 6.07 Å². The van der Waals surface area contributed by atoms with Crippen LogP contribution in [-0.2, 0) is 4.74 Å². The van der Waals surface area contributed by atoms with Crippen molar-refractivity contribution < 1.29 is 13.5 Å². The van der Waals surface area contributed by atoms with Gasteiger partial charge in [-0.1, -0.05) is 6.92 Å². The van der Waals surface area contributed by atoms with E-state index in [2.05, 4.69) is 15.6 Å². The van der Waals surface area contributed by atoms with Crippen LogP contribution >= 0.6 is 0 Å². The predicted octanol–water partition coefficient (Wildman–Crippen LogP) is 3.16. The second kappa shape index (κ2) is 6.83. The Kier molecular flexibility index (Phi) is 5.11. The Morgan fingerprint density at radius 2 is 2.05 bits per heavy atom. The van der Waals surface area contributed by atoms with E-state index in [4.69, 9.17) is 4.74 Å². The lowest BCUT2D eigenvalue weighted by Gasteiger charge is -2.15. The number of anilines is 2. The molecule has 0 saturated heterocycles. The SMILES string of the molecule is CCCNc1nc(NC2CCC(OC)C2)c(F)cc1F. The summed E-state index contributed by atoms with van der Waals surface area (Å²) < 4.78 is 32.6. The lowest BCUT2D eigenvalue weighted by Crippen LogP contribution is -2.19. The van der Waals surface area contributed by atoms with Crippen molar-refractivity contribution in [2.75, 3.05) is 24.3 Å². The molecule has 112 valence electrons. The van der Waals surface area contributed by atoms with E-state index in [1.54, 1.807) is 7.11 Å². The van der Waals surface area contributed by atoms with Gasteiger partial charge in [0.15, 0.2) is 23.3 Å². The molecule has 20 heavy (non-hydrogen) atoms. The molecule has 0 bridgehead atoms. The molecule has 1 aliphatic rings. The molecule has 1 saturated carbocycles. The fourth-order valence-corrected chi connectivity index (χ4v) is 2.41. The zero-order valence-corrected chi connectivity index (χ0v) is 11.9. The molecule has 1 fully saturated rings. The minimum Gasteiger partial charge on any atom is -0.381 e. The monoisotopic (exact) mass is 285 g/mol. The molecule has 0 aliphatic heterocycles. The quantitative estimate of drug-likeness (QED) is 0.843. The van der Waals surface area contributed by atoms with Crippen LogP contribution in [0, 0.1) is 11.6 Å². The zero-order valence-electron chi connectivity index (χ0n) is 11.9. The van der Waals surface area contributed by atoms with Crippen molar-refractivity contribution in [2.45, 2.75) is 44.8 Å². The first-order valence-electron chi connectivity index (χ1n) is 7.03. The van der Waals surface area contributed by atoms with Crippen molar-refractivity contribution in [3.8, 4) is 0 Å². The van der Waals surface area contributed by atoms with Crippen LogP contribution in [0.5, 0.6) is 0 Å². The molecule has 0 radical (unpaired) electrons. The first-order valence-corrected chi connectivity index (χ1v) is 7.03. The summed E-state index contributed by atoms with van der Waals surface area (Å²) in [6, 6.07) is 0.988. The topological polar surface area (TPSA) is 46.2 Å². The molecule has 4 nitrogen and oxygen atoms in total. The van der Waals surface area contributed by atoms with Gasteiger partial charge < -0.3 is 15.4 Å². The van der Waals surface area contributed by atoms with Crippen LogP contribution in [0.1, 0.15) is 32.6 Å². The van der Waals surface area contributed by atoms with Crippen molar-refractivity contribution in [1.29, 1.82) is 0 Å². The Labute approximate surface area is 117 Å². The van der Waals surface area contributed by atoms with Crippen LogP contribution in [0.25, 0.3) is 0 Å². The Bertz CT molecular complexity index is 456. The van der Waals surface area contributed by atoms with Gasteiger partial charge in [0.2, 0.25) is 0 Å². The summed E-state index contributed by atoms with van der Waals surface area (Å²) >= 11 is 0. The number of ether oxygens (including phenoxy) is 1. The van der Waals surface area contributed by atoms with E-state index in [0.717, 1.165) is 31.7 Å². The van der Waals surface area contributed by atoms with E-state index in [9.17, 15) is 8.78 Å². The van der Waals surface area contributed by atoms with E-state index in [0.29, 0.717) is 6.54 Å². The molecule has 2 unspecified atom stereocenters. The zero-order chi connectivity index (χ0) is 14.5. The molecule has 0 spiro atoms. The fraction of sp³-hybridized carbons (Fsp3) is 0.643.